The van der Waals surface area contributed by atoms with Crippen molar-refractivity contribution in [3.05, 3.63) is 28.6 Å². The van der Waals surface area contributed by atoms with Crippen molar-refractivity contribution in [2.75, 3.05) is 11.9 Å². The Balaban J connectivity index is 2.27. The van der Waals surface area contributed by atoms with E-state index < -0.39 is 4.92 Å². The molecule has 0 unspecified atom stereocenters. The Bertz CT molecular complexity index is 559. The third-order valence-electron chi connectivity index (χ3n) is 2.18. The van der Waals surface area contributed by atoms with Gasteiger partial charge in [0.2, 0.25) is 0 Å². The van der Waals surface area contributed by atoms with Gasteiger partial charge in [0.05, 0.1) is 4.92 Å². The molecule has 2 aromatic rings. The molecule has 2 heterocycles. The SMILES string of the molecule is CCCNc1ccc([N+](=O)[O-])c(Sc2ncn[nH]2)n1. The standard InChI is InChI=1S/C10H12N6O2S/c1-2-5-11-8-4-3-7(16(17)18)9(14-8)19-10-12-6-13-15-10/h3-4,6H,2,5H2,1H3,(H,11,14)(H,12,13,15). The molecule has 0 aliphatic rings. The van der Waals surface area contributed by atoms with Crippen LogP contribution < -0.4 is 5.32 Å². The Morgan fingerprint density at radius 3 is 3.00 bits per heavy atom. The Morgan fingerprint density at radius 1 is 1.53 bits per heavy atom. The highest BCUT2D eigenvalue weighted by Gasteiger charge is 2.18. The van der Waals surface area contributed by atoms with E-state index in [1.807, 2.05) is 6.92 Å². The Kier molecular flexibility index (Phi) is 4.29. The second-order valence-corrected chi connectivity index (χ2v) is 4.57. The van der Waals surface area contributed by atoms with E-state index in [1.54, 1.807) is 6.07 Å². The molecule has 0 radical (unpaired) electrons. The molecule has 9 heteroatoms. The summed E-state index contributed by atoms with van der Waals surface area (Å²) in [6.07, 6.45) is 2.29. The number of nitrogens with one attached hydrogen (secondary N) is 2. The predicted molar refractivity (Wildman–Crippen MR) is 70.2 cm³/mol. The molecule has 0 atom stereocenters. The van der Waals surface area contributed by atoms with Crippen LogP contribution in [0.4, 0.5) is 11.5 Å². The van der Waals surface area contributed by atoms with Gasteiger partial charge in [0, 0.05) is 12.6 Å². The summed E-state index contributed by atoms with van der Waals surface area (Å²) in [6, 6.07) is 3.03. The van der Waals surface area contributed by atoms with E-state index in [0.29, 0.717) is 11.0 Å². The molecule has 0 saturated heterocycles. The van der Waals surface area contributed by atoms with Crippen molar-refractivity contribution < 1.29 is 4.92 Å². The molecular formula is C10H12N6O2S. The lowest BCUT2D eigenvalue weighted by Crippen LogP contribution is -2.03. The van der Waals surface area contributed by atoms with E-state index in [-0.39, 0.29) is 10.7 Å². The van der Waals surface area contributed by atoms with Gasteiger partial charge in [-0.3, -0.25) is 15.2 Å². The molecule has 2 rings (SSSR count). The third kappa shape index (κ3) is 3.41. The van der Waals surface area contributed by atoms with Gasteiger partial charge in [-0.15, -0.1) is 0 Å². The van der Waals surface area contributed by atoms with Gasteiger partial charge >= 0.3 is 5.69 Å². The van der Waals surface area contributed by atoms with E-state index in [2.05, 4.69) is 25.5 Å². The molecule has 0 aliphatic carbocycles. The second-order valence-electron chi connectivity index (χ2n) is 3.60. The molecule has 2 aromatic heterocycles. The van der Waals surface area contributed by atoms with E-state index in [0.717, 1.165) is 24.7 Å². The topological polar surface area (TPSA) is 110 Å². The van der Waals surface area contributed by atoms with Crippen molar-refractivity contribution in [3.63, 3.8) is 0 Å². The summed E-state index contributed by atoms with van der Waals surface area (Å²) in [5.74, 6) is 0.606. The number of aromatic nitrogens is 4. The lowest BCUT2D eigenvalue weighted by atomic mass is 10.4. The minimum absolute atomic E-state index is 0.0524. The third-order valence-corrected chi connectivity index (χ3v) is 3.06. The number of nitrogens with zero attached hydrogens (tertiary/aromatic N) is 4. The average Bonchev–Trinajstić information content (AvgIpc) is 2.89. The van der Waals surface area contributed by atoms with Crippen LogP contribution >= 0.6 is 11.8 Å². The van der Waals surface area contributed by atoms with Crippen LogP contribution in [0.3, 0.4) is 0 Å². The summed E-state index contributed by atoms with van der Waals surface area (Å²) in [4.78, 5) is 18.6. The minimum Gasteiger partial charge on any atom is -0.370 e. The fourth-order valence-corrected chi connectivity index (χ4v) is 2.11. The Hall–Kier alpha value is -2.16. The zero-order chi connectivity index (χ0) is 13.7. The highest BCUT2D eigenvalue weighted by atomic mass is 32.2. The van der Waals surface area contributed by atoms with Gasteiger partial charge < -0.3 is 5.32 Å². The lowest BCUT2D eigenvalue weighted by Gasteiger charge is -2.05. The number of nitro groups is 1. The number of pyridine rings is 1. The molecule has 2 N–H and O–H groups in total. The van der Waals surface area contributed by atoms with Crippen LogP contribution in [0.1, 0.15) is 13.3 Å². The zero-order valence-electron chi connectivity index (χ0n) is 10.2. The number of hydrogen-bond donors (Lipinski definition) is 2. The predicted octanol–water partition coefficient (Wildman–Crippen LogP) is 2.08. The number of H-pyrrole nitrogens is 1. The van der Waals surface area contributed by atoms with Crippen molar-refractivity contribution in [1.29, 1.82) is 0 Å². The first-order valence-corrected chi connectivity index (χ1v) is 6.45. The summed E-state index contributed by atoms with van der Waals surface area (Å²) >= 11 is 1.07. The van der Waals surface area contributed by atoms with Crippen LogP contribution in [-0.2, 0) is 0 Å². The quantitative estimate of drug-likeness (QED) is 0.615. The van der Waals surface area contributed by atoms with E-state index in [9.17, 15) is 10.1 Å². The van der Waals surface area contributed by atoms with E-state index in [4.69, 9.17) is 0 Å². The summed E-state index contributed by atoms with van der Waals surface area (Å²) < 4.78 is 0. The number of aromatic amines is 1. The molecule has 19 heavy (non-hydrogen) atoms. The lowest BCUT2D eigenvalue weighted by molar-refractivity contribution is -0.388. The van der Waals surface area contributed by atoms with E-state index >= 15 is 0 Å². The first-order chi connectivity index (χ1) is 9.20. The van der Waals surface area contributed by atoms with Crippen molar-refractivity contribution >= 4 is 23.3 Å². The molecule has 0 bridgehead atoms. The second kappa shape index (κ2) is 6.14. The van der Waals surface area contributed by atoms with Gasteiger partial charge in [-0.1, -0.05) is 6.92 Å². The zero-order valence-corrected chi connectivity index (χ0v) is 11.0. The summed E-state index contributed by atoms with van der Waals surface area (Å²) in [5, 5.41) is 21.1. The average molecular weight is 280 g/mol. The highest BCUT2D eigenvalue weighted by molar-refractivity contribution is 7.99. The molecule has 0 saturated carbocycles. The van der Waals surface area contributed by atoms with Gasteiger partial charge in [-0.25, -0.2) is 9.97 Å². The van der Waals surface area contributed by atoms with Crippen LogP contribution in [-0.4, -0.2) is 31.6 Å². The first-order valence-electron chi connectivity index (χ1n) is 5.63. The normalized spacial score (nSPS) is 10.4. The fourth-order valence-electron chi connectivity index (χ4n) is 1.33. The maximum absolute atomic E-state index is 11.0. The largest absolute Gasteiger partial charge is 0.370 e. The fraction of sp³-hybridized carbons (Fsp3) is 0.300. The first kappa shape index (κ1) is 13.3. The number of hydrogen-bond acceptors (Lipinski definition) is 7. The van der Waals surface area contributed by atoms with Gasteiger partial charge in [0.25, 0.3) is 0 Å². The molecule has 0 fully saturated rings. The van der Waals surface area contributed by atoms with Gasteiger partial charge in [-0.05, 0) is 24.2 Å². The maximum atomic E-state index is 11.0. The summed E-state index contributed by atoms with van der Waals surface area (Å²) in [7, 11) is 0. The van der Waals surface area contributed by atoms with Crippen molar-refractivity contribution in [1.82, 2.24) is 20.2 Å². The van der Waals surface area contributed by atoms with Crippen LogP contribution in [0.15, 0.2) is 28.6 Å². The van der Waals surface area contributed by atoms with Crippen LogP contribution in [0.5, 0.6) is 0 Å². The highest BCUT2D eigenvalue weighted by Crippen LogP contribution is 2.31. The van der Waals surface area contributed by atoms with Crippen molar-refractivity contribution in [2.24, 2.45) is 0 Å². The molecule has 0 amide bonds. The Morgan fingerprint density at radius 2 is 2.37 bits per heavy atom. The molecule has 100 valence electrons. The molecule has 0 spiro atoms. The monoisotopic (exact) mass is 280 g/mol. The van der Waals surface area contributed by atoms with Crippen LogP contribution in [0, 0.1) is 10.1 Å². The molecule has 0 aromatic carbocycles. The van der Waals surface area contributed by atoms with E-state index in [1.165, 1.54) is 12.4 Å². The summed E-state index contributed by atoms with van der Waals surface area (Å²) in [6.45, 7) is 2.79. The molecule has 0 aliphatic heterocycles. The molecule has 8 nitrogen and oxygen atoms in total. The van der Waals surface area contributed by atoms with Crippen molar-refractivity contribution in [2.45, 2.75) is 23.5 Å². The smallest absolute Gasteiger partial charge is 0.301 e. The van der Waals surface area contributed by atoms with Crippen LogP contribution in [0.2, 0.25) is 0 Å². The minimum atomic E-state index is -0.463. The van der Waals surface area contributed by atoms with Crippen molar-refractivity contribution in [3.8, 4) is 0 Å². The van der Waals surface area contributed by atoms with Gasteiger partial charge in [0.1, 0.15) is 12.1 Å². The number of anilines is 1. The van der Waals surface area contributed by atoms with Crippen LogP contribution in [0.25, 0.3) is 0 Å². The van der Waals surface area contributed by atoms with Gasteiger partial charge in [-0.2, -0.15) is 5.10 Å². The summed E-state index contributed by atoms with van der Waals surface area (Å²) in [5.41, 5.74) is -0.0524. The Labute approximate surface area is 113 Å². The number of rotatable bonds is 6. The maximum Gasteiger partial charge on any atom is 0.301 e. The molecular weight excluding hydrogens is 268 g/mol. The van der Waals surface area contributed by atoms with Gasteiger partial charge in [0.15, 0.2) is 10.2 Å².